The van der Waals surface area contributed by atoms with E-state index in [2.05, 4.69) is 20.6 Å². The minimum Gasteiger partial charge on any atom is -0.436 e. The molecule has 6 rings (SSSR count). The third-order valence-electron chi connectivity index (χ3n) is 6.63. The highest BCUT2D eigenvalue weighted by atomic mass is 35.5. The molecule has 192 valence electrons. The van der Waals surface area contributed by atoms with Gasteiger partial charge in [0.2, 0.25) is 0 Å². The van der Waals surface area contributed by atoms with E-state index in [-0.39, 0.29) is 29.4 Å². The number of rotatable bonds is 4. The van der Waals surface area contributed by atoms with Crippen molar-refractivity contribution in [1.82, 2.24) is 15.3 Å². The van der Waals surface area contributed by atoms with Crippen LogP contribution in [0.2, 0.25) is 5.02 Å². The molecule has 0 saturated carbocycles. The Labute approximate surface area is 219 Å². The minimum atomic E-state index is -1.27. The van der Waals surface area contributed by atoms with Gasteiger partial charge in [-0.1, -0.05) is 23.7 Å². The Bertz CT molecular complexity index is 1680. The highest BCUT2D eigenvalue weighted by molar-refractivity contribution is 6.31. The largest absolute Gasteiger partial charge is 0.436 e. The van der Waals surface area contributed by atoms with Gasteiger partial charge in [-0.3, -0.25) is 15.1 Å². The fourth-order valence-electron chi connectivity index (χ4n) is 4.83. The van der Waals surface area contributed by atoms with Gasteiger partial charge >= 0.3 is 11.7 Å². The lowest BCUT2D eigenvalue weighted by Crippen LogP contribution is -2.42. The maximum Gasteiger partial charge on any atom is 0.412 e. The number of carbonyl (C=O) groups is 2. The molecule has 12 heteroatoms. The van der Waals surface area contributed by atoms with Crippen molar-refractivity contribution in [2.24, 2.45) is 0 Å². The van der Waals surface area contributed by atoms with E-state index in [1.165, 1.54) is 24.5 Å². The van der Waals surface area contributed by atoms with Gasteiger partial charge in [-0.25, -0.2) is 19.0 Å². The van der Waals surface area contributed by atoms with E-state index < -0.39 is 29.0 Å². The van der Waals surface area contributed by atoms with Crippen molar-refractivity contribution in [3.8, 4) is 0 Å². The van der Waals surface area contributed by atoms with Crippen molar-refractivity contribution in [2.75, 3.05) is 23.3 Å². The highest BCUT2D eigenvalue weighted by Crippen LogP contribution is 2.46. The molecule has 1 fully saturated rings. The van der Waals surface area contributed by atoms with Gasteiger partial charge in [-0.15, -0.1) is 0 Å². The van der Waals surface area contributed by atoms with Crippen LogP contribution in [0.5, 0.6) is 0 Å². The molecular weight excluding hydrogens is 517 g/mol. The fourth-order valence-corrected chi connectivity index (χ4v) is 4.99. The molecule has 0 bridgehead atoms. The van der Waals surface area contributed by atoms with Crippen LogP contribution < -0.4 is 21.2 Å². The number of ether oxygens (including phenoxy) is 1. The molecule has 2 aliphatic rings. The molecule has 1 spiro atoms. The van der Waals surface area contributed by atoms with E-state index >= 15 is 4.39 Å². The van der Waals surface area contributed by atoms with Crippen LogP contribution in [0.25, 0.3) is 11.0 Å². The molecule has 2 amide bonds. The lowest BCUT2D eigenvalue weighted by molar-refractivity contribution is 0.0263. The highest BCUT2D eigenvalue weighted by Gasteiger charge is 2.50. The molecule has 2 N–H and O–H groups in total. The number of hydrogen-bond donors (Lipinski definition) is 2. The molecule has 10 nitrogen and oxygen atoms in total. The van der Waals surface area contributed by atoms with Crippen LogP contribution in [0.15, 0.2) is 64.1 Å². The summed E-state index contributed by atoms with van der Waals surface area (Å²) in [6.45, 7) is 0.652. The molecule has 2 aromatic carbocycles. The summed E-state index contributed by atoms with van der Waals surface area (Å²) in [5.41, 5.74) is -0.00425. The molecule has 2 aromatic heterocycles. The summed E-state index contributed by atoms with van der Waals surface area (Å²) >= 11 is 6.02. The van der Waals surface area contributed by atoms with E-state index in [4.69, 9.17) is 20.8 Å². The molecule has 4 heterocycles. The van der Waals surface area contributed by atoms with Crippen molar-refractivity contribution in [1.29, 1.82) is 0 Å². The Morgan fingerprint density at radius 2 is 2.03 bits per heavy atom. The first-order valence-electron chi connectivity index (χ1n) is 11.7. The van der Waals surface area contributed by atoms with Crippen LogP contribution >= 0.6 is 11.6 Å². The summed E-state index contributed by atoms with van der Waals surface area (Å²) in [5, 5.41) is 5.99. The van der Waals surface area contributed by atoms with Crippen LogP contribution in [0.3, 0.4) is 0 Å². The molecular formula is C26H19ClFN5O5. The van der Waals surface area contributed by atoms with Gasteiger partial charge in [0.05, 0.1) is 35.2 Å². The standard InChI is InChI=1S/C26H19ClFN5O5/c27-16-4-5-17-22(23(16)28)26(38-25(36)32-17)7-8-33(13-26)20-12-29-11-18(31-20)24(35)30-10-14-1-2-15-3-6-21(34)37-19(15)9-14/h1-6,9,11-12H,7-8,10,13H2,(H,30,35)(H,32,36)/t26-/m1/s1. The van der Waals surface area contributed by atoms with Crippen molar-refractivity contribution in [2.45, 2.75) is 18.6 Å². The monoisotopic (exact) mass is 535 g/mol. The number of halogens is 2. The van der Waals surface area contributed by atoms with Gasteiger partial charge in [-0.05, 0) is 29.8 Å². The first-order chi connectivity index (χ1) is 18.3. The summed E-state index contributed by atoms with van der Waals surface area (Å²) in [7, 11) is 0. The second-order valence-electron chi connectivity index (χ2n) is 9.04. The number of aromatic nitrogens is 2. The molecule has 2 aliphatic heterocycles. The third-order valence-corrected chi connectivity index (χ3v) is 6.92. The normalized spacial score (nSPS) is 18.3. The zero-order valence-corrected chi connectivity index (χ0v) is 20.4. The van der Waals surface area contributed by atoms with Crippen molar-refractivity contribution in [3.05, 3.63) is 92.9 Å². The van der Waals surface area contributed by atoms with Crippen LogP contribution in [0.4, 0.5) is 20.7 Å². The number of carbonyl (C=O) groups excluding carboxylic acids is 2. The van der Waals surface area contributed by atoms with Crippen LogP contribution in [0, 0.1) is 5.82 Å². The first kappa shape index (κ1) is 23.9. The second kappa shape index (κ2) is 9.10. The topological polar surface area (TPSA) is 127 Å². The van der Waals surface area contributed by atoms with Gasteiger partial charge in [0.1, 0.15) is 17.1 Å². The Hall–Kier alpha value is -4.51. The number of nitrogens with zero attached hydrogens (tertiary/aromatic N) is 3. The van der Waals surface area contributed by atoms with Gasteiger partial charge < -0.3 is 19.4 Å². The third kappa shape index (κ3) is 4.20. The number of amides is 2. The van der Waals surface area contributed by atoms with E-state index in [0.29, 0.717) is 30.1 Å². The Kier molecular flexibility index (Phi) is 5.72. The minimum absolute atomic E-state index is 0.0756. The first-order valence-corrected chi connectivity index (χ1v) is 12.1. The van der Waals surface area contributed by atoms with E-state index in [9.17, 15) is 14.4 Å². The summed E-state index contributed by atoms with van der Waals surface area (Å²) in [6.07, 6.45) is 2.43. The van der Waals surface area contributed by atoms with Crippen molar-refractivity contribution >= 4 is 46.1 Å². The number of benzene rings is 2. The van der Waals surface area contributed by atoms with Crippen molar-refractivity contribution in [3.63, 3.8) is 0 Å². The number of anilines is 2. The molecule has 0 unspecified atom stereocenters. The molecule has 4 aromatic rings. The fraction of sp³-hybridized carbons (Fsp3) is 0.192. The number of hydrogen-bond acceptors (Lipinski definition) is 8. The van der Waals surface area contributed by atoms with Gasteiger partial charge in [0.25, 0.3) is 5.91 Å². The Morgan fingerprint density at radius 3 is 2.89 bits per heavy atom. The lowest BCUT2D eigenvalue weighted by atomic mass is 9.89. The SMILES string of the molecule is O=C1Nc2ccc(Cl)c(F)c2[C@]2(CCN(c3cncc(C(=O)NCc4ccc5ccc(=O)oc5c4)n3)C2)O1. The lowest BCUT2D eigenvalue weighted by Gasteiger charge is -2.35. The summed E-state index contributed by atoms with van der Waals surface area (Å²) in [5.74, 6) is -0.738. The Morgan fingerprint density at radius 1 is 1.18 bits per heavy atom. The number of fused-ring (bicyclic) bond motifs is 3. The van der Waals surface area contributed by atoms with Crippen LogP contribution in [-0.2, 0) is 16.9 Å². The number of nitrogens with one attached hydrogen (secondary N) is 2. The van der Waals surface area contributed by atoms with E-state index in [1.54, 1.807) is 29.2 Å². The van der Waals surface area contributed by atoms with Gasteiger partial charge in [0.15, 0.2) is 11.4 Å². The maximum absolute atomic E-state index is 15.1. The summed E-state index contributed by atoms with van der Waals surface area (Å²) in [6, 6.07) is 11.2. The average Bonchev–Trinajstić information content (AvgIpc) is 3.32. The van der Waals surface area contributed by atoms with Gasteiger partial charge in [-0.2, -0.15) is 0 Å². The van der Waals surface area contributed by atoms with Gasteiger partial charge in [0, 0.05) is 31.0 Å². The predicted octanol–water partition coefficient (Wildman–Crippen LogP) is 3.97. The molecule has 0 aliphatic carbocycles. The van der Waals surface area contributed by atoms with E-state index in [0.717, 1.165) is 10.9 Å². The summed E-state index contributed by atoms with van der Waals surface area (Å²) < 4.78 is 25.9. The zero-order chi connectivity index (χ0) is 26.4. The second-order valence-corrected chi connectivity index (χ2v) is 9.44. The molecule has 1 atom stereocenters. The zero-order valence-electron chi connectivity index (χ0n) is 19.7. The summed E-state index contributed by atoms with van der Waals surface area (Å²) in [4.78, 5) is 46.9. The Balaban J connectivity index is 1.20. The quantitative estimate of drug-likeness (QED) is 0.376. The van der Waals surface area contributed by atoms with Crippen LogP contribution in [-0.4, -0.2) is 35.1 Å². The molecule has 1 saturated heterocycles. The van der Waals surface area contributed by atoms with Crippen molar-refractivity contribution < 1.29 is 23.1 Å². The smallest absolute Gasteiger partial charge is 0.412 e. The van der Waals surface area contributed by atoms with E-state index in [1.807, 2.05) is 6.07 Å². The molecule has 38 heavy (non-hydrogen) atoms. The average molecular weight is 536 g/mol. The maximum atomic E-state index is 15.1. The molecule has 0 radical (unpaired) electrons. The van der Waals surface area contributed by atoms with Crippen LogP contribution in [0.1, 0.15) is 28.0 Å². The predicted molar refractivity (Wildman–Crippen MR) is 136 cm³/mol.